The van der Waals surface area contributed by atoms with Gasteiger partial charge in [0.15, 0.2) is 6.29 Å². The van der Waals surface area contributed by atoms with Crippen molar-refractivity contribution in [2.45, 2.75) is 58.3 Å². The van der Waals surface area contributed by atoms with Gasteiger partial charge in [0.1, 0.15) is 11.5 Å². The number of rotatable bonds is 7. The van der Waals surface area contributed by atoms with E-state index in [1.807, 2.05) is 0 Å². The average molecular weight is 264 g/mol. The molecule has 0 unspecified atom stereocenters. The van der Waals surface area contributed by atoms with Crippen LogP contribution in [0.4, 0.5) is 0 Å². The van der Waals surface area contributed by atoms with Crippen LogP contribution in [0, 0.1) is 0 Å². The van der Waals surface area contributed by atoms with Gasteiger partial charge >= 0.3 is 0 Å². The van der Waals surface area contributed by atoms with Crippen LogP contribution >= 0.6 is 0 Å². The largest absolute Gasteiger partial charge is 0.507 e. The normalized spacial score (nSPS) is 11.5. The molecule has 2 N–H and O–H groups in total. The Hall–Kier alpha value is -1.51. The van der Waals surface area contributed by atoms with Gasteiger partial charge in [-0.2, -0.15) is 0 Å². The number of phenols is 2. The molecule has 3 nitrogen and oxygen atoms in total. The summed E-state index contributed by atoms with van der Waals surface area (Å²) in [7, 11) is 0. The molecule has 0 spiro atoms. The first-order chi connectivity index (χ1) is 8.92. The van der Waals surface area contributed by atoms with Crippen molar-refractivity contribution in [3.8, 4) is 11.5 Å². The second kappa shape index (κ2) is 6.60. The zero-order valence-electron chi connectivity index (χ0n) is 12.1. The highest BCUT2D eigenvalue weighted by Gasteiger charge is 2.23. The highest BCUT2D eigenvalue weighted by Crippen LogP contribution is 2.36. The molecule has 1 aromatic carbocycles. The molecule has 19 heavy (non-hydrogen) atoms. The van der Waals surface area contributed by atoms with Gasteiger partial charge in [0.25, 0.3) is 0 Å². The lowest BCUT2D eigenvalue weighted by Gasteiger charge is -2.26. The van der Waals surface area contributed by atoms with E-state index in [0.717, 1.165) is 18.4 Å². The highest BCUT2D eigenvalue weighted by molar-refractivity contribution is 5.83. The smallest absolute Gasteiger partial charge is 0.157 e. The van der Waals surface area contributed by atoms with Crippen LogP contribution < -0.4 is 0 Å². The molecule has 0 aliphatic heterocycles. The topological polar surface area (TPSA) is 57.5 Å². The first-order valence-electron chi connectivity index (χ1n) is 6.94. The Bertz CT molecular complexity index is 413. The molecule has 0 aliphatic rings. The zero-order valence-corrected chi connectivity index (χ0v) is 12.1. The molecular weight excluding hydrogens is 240 g/mol. The van der Waals surface area contributed by atoms with Crippen molar-refractivity contribution in [3.63, 3.8) is 0 Å². The van der Waals surface area contributed by atoms with E-state index in [2.05, 4.69) is 20.8 Å². The standard InChI is InChI=1S/C16H24O3/c1-4-5-6-7-8-16(2,3)12-9-14(18)13(11-17)15(19)10-12/h9-11,18-19H,4-8H2,1-3H3. The molecule has 0 aromatic heterocycles. The number of carbonyl (C=O) groups excluding carboxylic acids is 1. The summed E-state index contributed by atoms with van der Waals surface area (Å²) in [5.74, 6) is -0.293. The molecule has 0 heterocycles. The van der Waals surface area contributed by atoms with Crippen molar-refractivity contribution >= 4 is 6.29 Å². The summed E-state index contributed by atoms with van der Waals surface area (Å²) in [6, 6.07) is 3.17. The lowest BCUT2D eigenvalue weighted by Crippen LogP contribution is -2.17. The average Bonchev–Trinajstić information content (AvgIpc) is 2.34. The van der Waals surface area contributed by atoms with Gasteiger partial charge in [0.2, 0.25) is 0 Å². The minimum Gasteiger partial charge on any atom is -0.507 e. The first-order valence-corrected chi connectivity index (χ1v) is 6.94. The van der Waals surface area contributed by atoms with Crippen molar-refractivity contribution < 1.29 is 15.0 Å². The molecule has 106 valence electrons. The zero-order chi connectivity index (χ0) is 14.5. The Labute approximate surface area is 115 Å². The highest BCUT2D eigenvalue weighted by atomic mass is 16.3. The molecule has 0 amide bonds. The molecule has 0 atom stereocenters. The fourth-order valence-electron chi connectivity index (χ4n) is 2.27. The van der Waals surface area contributed by atoms with Crippen LogP contribution in [0.25, 0.3) is 0 Å². The van der Waals surface area contributed by atoms with E-state index >= 15 is 0 Å². The van der Waals surface area contributed by atoms with Gasteiger partial charge in [0.05, 0.1) is 5.56 Å². The second-order valence-electron chi connectivity index (χ2n) is 5.74. The molecule has 0 bridgehead atoms. The van der Waals surface area contributed by atoms with Crippen LogP contribution in [0.5, 0.6) is 11.5 Å². The van der Waals surface area contributed by atoms with Crippen LogP contribution in [0.3, 0.4) is 0 Å². The van der Waals surface area contributed by atoms with Crippen molar-refractivity contribution in [1.82, 2.24) is 0 Å². The minimum atomic E-state index is -0.147. The summed E-state index contributed by atoms with van der Waals surface area (Å²) in [5, 5.41) is 19.5. The Kier molecular flexibility index (Phi) is 5.40. The number of carbonyl (C=O) groups is 1. The number of unbranched alkanes of at least 4 members (excludes halogenated alkanes) is 3. The maximum absolute atomic E-state index is 10.7. The quantitative estimate of drug-likeness (QED) is 0.574. The van der Waals surface area contributed by atoms with Crippen LogP contribution in [-0.2, 0) is 5.41 Å². The summed E-state index contributed by atoms with van der Waals surface area (Å²) >= 11 is 0. The van der Waals surface area contributed by atoms with Crippen molar-refractivity contribution in [2.75, 3.05) is 0 Å². The molecule has 0 fully saturated rings. The SMILES string of the molecule is CCCCCCC(C)(C)c1cc(O)c(C=O)c(O)c1. The van der Waals surface area contributed by atoms with Crippen molar-refractivity contribution in [2.24, 2.45) is 0 Å². The van der Waals surface area contributed by atoms with Crippen LogP contribution in [-0.4, -0.2) is 16.5 Å². The van der Waals surface area contributed by atoms with E-state index in [1.165, 1.54) is 19.3 Å². The molecule has 0 aliphatic carbocycles. The predicted molar refractivity (Wildman–Crippen MR) is 76.9 cm³/mol. The second-order valence-corrected chi connectivity index (χ2v) is 5.74. The third kappa shape index (κ3) is 3.98. The van der Waals surface area contributed by atoms with Gasteiger partial charge < -0.3 is 10.2 Å². The van der Waals surface area contributed by atoms with Crippen molar-refractivity contribution in [1.29, 1.82) is 0 Å². The summed E-state index contributed by atoms with van der Waals surface area (Å²) in [6.07, 6.45) is 6.23. The molecule has 1 aromatic rings. The number of benzene rings is 1. The van der Waals surface area contributed by atoms with Gasteiger partial charge in [0, 0.05) is 0 Å². The third-order valence-corrected chi connectivity index (χ3v) is 3.69. The minimum absolute atomic E-state index is 0.0365. The van der Waals surface area contributed by atoms with Gasteiger partial charge in [-0.25, -0.2) is 0 Å². The van der Waals surface area contributed by atoms with Crippen LogP contribution in [0.15, 0.2) is 12.1 Å². The Balaban J connectivity index is 2.86. The van der Waals surface area contributed by atoms with Gasteiger partial charge in [-0.1, -0.05) is 46.5 Å². The molecule has 0 saturated carbocycles. The summed E-state index contributed by atoms with van der Waals surface area (Å²) in [6.45, 7) is 6.36. The van der Waals surface area contributed by atoms with E-state index in [0.29, 0.717) is 6.29 Å². The maximum Gasteiger partial charge on any atom is 0.157 e. The molecule has 0 radical (unpaired) electrons. The maximum atomic E-state index is 10.7. The lowest BCUT2D eigenvalue weighted by atomic mass is 9.79. The molecule has 3 heteroatoms. The summed E-state index contributed by atoms with van der Waals surface area (Å²) in [5.41, 5.74) is 0.708. The monoisotopic (exact) mass is 264 g/mol. The number of aldehydes is 1. The first kappa shape index (κ1) is 15.5. The van der Waals surface area contributed by atoms with E-state index < -0.39 is 0 Å². The fraction of sp³-hybridized carbons (Fsp3) is 0.562. The Morgan fingerprint density at radius 3 is 2.16 bits per heavy atom. The van der Waals surface area contributed by atoms with Crippen molar-refractivity contribution in [3.05, 3.63) is 23.3 Å². The van der Waals surface area contributed by atoms with Gasteiger partial charge in [-0.3, -0.25) is 4.79 Å². The molecular formula is C16H24O3. The van der Waals surface area contributed by atoms with E-state index in [-0.39, 0.29) is 22.5 Å². The van der Waals surface area contributed by atoms with E-state index in [4.69, 9.17) is 0 Å². The van der Waals surface area contributed by atoms with Gasteiger partial charge in [-0.05, 0) is 29.5 Å². The van der Waals surface area contributed by atoms with E-state index in [9.17, 15) is 15.0 Å². The fourth-order valence-corrected chi connectivity index (χ4v) is 2.27. The number of hydrogen-bond donors (Lipinski definition) is 2. The van der Waals surface area contributed by atoms with Crippen LogP contribution in [0.2, 0.25) is 0 Å². The molecule has 1 rings (SSSR count). The summed E-state index contributed by atoms with van der Waals surface area (Å²) in [4.78, 5) is 10.7. The third-order valence-electron chi connectivity index (χ3n) is 3.69. The van der Waals surface area contributed by atoms with E-state index in [1.54, 1.807) is 12.1 Å². The van der Waals surface area contributed by atoms with Gasteiger partial charge in [-0.15, -0.1) is 0 Å². The molecule has 0 saturated heterocycles. The number of hydrogen-bond acceptors (Lipinski definition) is 3. The van der Waals surface area contributed by atoms with Crippen LogP contribution in [0.1, 0.15) is 68.8 Å². The Morgan fingerprint density at radius 1 is 1.11 bits per heavy atom. The summed E-state index contributed by atoms with van der Waals surface area (Å²) < 4.78 is 0. The number of aromatic hydroxyl groups is 2. The predicted octanol–water partition coefficient (Wildman–Crippen LogP) is 4.16. The Morgan fingerprint density at radius 2 is 1.68 bits per heavy atom. The lowest BCUT2D eigenvalue weighted by molar-refractivity contribution is 0.111. The number of phenolic OH excluding ortho intramolecular Hbond substituents is 2.